The number of rotatable bonds is 7. The Kier molecular flexibility index (Phi) is 7.94. The Morgan fingerprint density at radius 2 is 1.47 bits per heavy atom. The van der Waals surface area contributed by atoms with Crippen LogP contribution in [-0.2, 0) is 14.2 Å². The molecule has 1 aliphatic rings. The summed E-state index contributed by atoms with van der Waals surface area (Å²) in [5, 5.41) is 0. The van der Waals surface area contributed by atoms with Crippen molar-refractivity contribution in [1.29, 1.82) is 0 Å². The van der Waals surface area contributed by atoms with E-state index in [2.05, 4.69) is 6.92 Å². The molecule has 30 heavy (non-hydrogen) atoms. The summed E-state index contributed by atoms with van der Waals surface area (Å²) in [6.45, 7) is 6.20. The van der Waals surface area contributed by atoms with E-state index in [0.717, 1.165) is 5.75 Å². The highest BCUT2D eigenvalue weighted by Crippen LogP contribution is 2.37. The lowest BCUT2D eigenvalue weighted by molar-refractivity contribution is -0.148. The van der Waals surface area contributed by atoms with E-state index in [1.807, 2.05) is 38.1 Å². The van der Waals surface area contributed by atoms with Crippen molar-refractivity contribution in [2.24, 2.45) is 11.8 Å². The summed E-state index contributed by atoms with van der Waals surface area (Å²) < 4.78 is 17.7. The van der Waals surface area contributed by atoms with Gasteiger partial charge in [0.1, 0.15) is 18.1 Å². The highest BCUT2D eigenvalue weighted by molar-refractivity contribution is 7.99. The van der Waals surface area contributed by atoms with Crippen LogP contribution in [0, 0.1) is 11.8 Å². The van der Waals surface area contributed by atoms with E-state index < -0.39 is 0 Å². The van der Waals surface area contributed by atoms with Gasteiger partial charge in [0, 0.05) is 11.8 Å². The maximum Gasteiger partial charge on any atom is 0.338 e. The molecule has 5 nitrogen and oxygen atoms in total. The van der Waals surface area contributed by atoms with Crippen LogP contribution in [0.2, 0.25) is 0 Å². The van der Waals surface area contributed by atoms with E-state index in [1.165, 1.54) is 0 Å². The molecule has 5 atom stereocenters. The van der Waals surface area contributed by atoms with Gasteiger partial charge < -0.3 is 14.2 Å². The molecule has 0 aromatic heterocycles. The molecule has 0 aliphatic carbocycles. The Labute approximate surface area is 182 Å². The summed E-state index contributed by atoms with van der Waals surface area (Å²) in [6, 6.07) is 17.9. The minimum absolute atomic E-state index is 0.0127. The summed E-state index contributed by atoms with van der Waals surface area (Å²) in [5.41, 5.74) is 0.885. The van der Waals surface area contributed by atoms with Crippen LogP contribution in [0.25, 0.3) is 0 Å². The third-order valence-corrected chi connectivity index (χ3v) is 6.54. The van der Waals surface area contributed by atoms with Gasteiger partial charge in [0.25, 0.3) is 0 Å². The Morgan fingerprint density at radius 1 is 0.900 bits per heavy atom. The number of esters is 2. The van der Waals surface area contributed by atoms with Gasteiger partial charge in [-0.2, -0.15) is 0 Å². The molecule has 3 unspecified atom stereocenters. The third kappa shape index (κ3) is 5.43. The molecule has 6 heteroatoms. The molecule has 0 saturated carbocycles. The van der Waals surface area contributed by atoms with Gasteiger partial charge in [-0.3, -0.25) is 0 Å². The molecule has 1 fully saturated rings. The maximum atomic E-state index is 12.7. The van der Waals surface area contributed by atoms with Crippen molar-refractivity contribution in [2.45, 2.75) is 38.4 Å². The fourth-order valence-corrected chi connectivity index (χ4v) is 4.62. The van der Waals surface area contributed by atoms with Crippen LogP contribution in [0.5, 0.6) is 0 Å². The smallest absolute Gasteiger partial charge is 0.338 e. The van der Waals surface area contributed by atoms with E-state index in [9.17, 15) is 9.59 Å². The number of carbonyl (C=O) groups excluding carboxylic acids is 2. The van der Waals surface area contributed by atoms with Gasteiger partial charge in [0.05, 0.1) is 17.2 Å². The molecule has 1 saturated heterocycles. The predicted octanol–water partition coefficient (Wildman–Crippen LogP) is 4.82. The van der Waals surface area contributed by atoms with Gasteiger partial charge in [-0.05, 0) is 30.0 Å². The second-order valence-corrected chi connectivity index (χ2v) is 8.79. The standard InChI is InChI=1S/C24H28O5S/c1-4-30-24-17(3)21(29-23(26)19-13-9-6-10-14-19)16(2)20(28-24)15-27-22(25)18-11-7-5-8-12-18/h5-14,16-17,20-21,24H,4,15H2,1-3H3/t16-,17?,20?,21?,24+/m1/s1. The van der Waals surface area contributed by atoms with Crippen LogP contribution < -0.4 is 0 Å². The molecule has 2 aromatic carbocycles. The van der Waals surface area contributed by atoms with Gasteiger partial charge >= 0.3 is 11.9 Å². The quantitative estimate of drug-likeness (QED) is 0.589. The lowest BCUT2D eigenvalue weighted by Gasteiger charge is -2.43. The SMILES string of the molecule is CCS[C@@H]1OC(COC(=O)c2ccccc2)[C@@H](C)C(OC(=O)c2ccccc2)C1C. The monoisotopic (exact) mass is 428 g/mol. The molecule has 0 N–H and O–H groups in total. The van der Waals surface area contributed by atoms with E-state index >= 15 is 0 Å². The zero-order valence-electron chi connectivity index (χ0n) is 17.5. The Hall–Kier alpha value is -2.31. The van der Waals surface area contributed by atoms with Gasteiger partial charge in [-0.15, -0.1) is 11.8 Å². The molecule has 1 heterocycles. The molecular weight excluding hydrogens is 400 g/mol. The topological polar surface area (TPSA) is 61.8 Å². The Balaban J connectivity index is 1.70. The first-order valence-electron chi connectivity index (χ1n) is 10.3. The van der Waals surface area contributed by atoms with Crippen molar-refractivity contribution < 1.29 is 23.8 Å². The summed E-state index contributed by atoms with van der Waals surface area (Å²) in [7, 11) is 0. The summed E-state index contributed by atoms with van der Waals surface area (Å²) in [5.74, 6) is 0.0341. The minimum atomic E-state index is -0.387. The highest BCUT2D eigenvalue weighted by atomic mass is 32.2. The van der Waals surface area contributed by atoms with Crippen LogP contribution in [0.3, 0.4) is 0 Å². The lowest BCUT2D eigenvalue weighted by atomic mass is 9.86. The molecule has 0 spiro atoms. The molecule has 0 bridgehead atoms. The maximum absolute atomic E-state index is 12.7. The number of hydrogen-bond acceptors (Lipinski definition) is 6. The molecular formula is C24H28O5S. The number of hydrogen-bond donors (Lipinski definition) is 0. The van der Waals surface area contributed by atoms with E-state index in [-0.39, 0.29) is 48.0 Å². The third-order valence-electron chi connectivity index (χ3n) is 5.33. The van der Waals surface area contributed by atoms with Crippen molar-refractivity contribution in [1.82, 2.24) is 0 Å². The van der Waals surface area contributed by atoms with Crippen LogP contribution in [0.4, 0.5) is 0 Å². The van der Waals surface area contributed by atoms with Crippen LogP contribution >= 0.6 is 11.8 Å². The first-order valence-corrected chi connectivity index (χ1v) is 11.3. The lowest BCUT2D eigenvalue weighted by Crippen LogP contribution is -2.51. The van der Waals surface area contributed by atoms with Crippen molar-refractivity contribution in [3.05, 3.63) is 71.8 Å². The molecule has 0 amide bonds. The van der Waals surface area contributed by atoms with E-state index in [0.29, 0.717) is 11.1 Å². The molecule has 3 rings (SSSR count). The van der Waals surface area contributed by atoms with Crippen LogP contribution in [-0.4, -0.2) is 41.9 Å². The second kappa shape index (κ2) is 10.6. The van der Waals surface area contributed by atoms with E-state index in [1.54, 1.807) is 48.2 Å². The zero-order valence-corrected chi connectivity index (χ0v) is 18.3. The molecule has 1 aliphatic heterocycles. The largest absolute Gasteiger partial charge is 0.459 e. The van der Waals surface area contributed by atoms with Crippen molar-refractivity contribution in [3.63, 3.8) is 0 Å². The van der Waals surface area contributed by atoms with Crippen molar-refractivity contribution >= 4 is 23.7 Å². The fraction of sp³-hybridized carbons (Fsp3) is 0.417. The zero-order chi connectivity index (χ0) is 21.5. The van der Waals surface area contributed by atoms with Gasteiger partial charge in [0.15, 0.2) is 0 Å². The Bertz CT molecular complexity index is 826. The number of benzene rings is 2. The summed E-state index contributed by atoms with van der Waals surface area (Å²) in [4.78, 5) is 25.0. The molecule has 0 radical (unpaired) electrons. The normalized spacial score (nSPS) is 26.0. The average Bonchev–Trinajstić information content (AvgIpc) is 2.78. The second-order valence-electron chi connectivity index (χ2n) is 7.42. The number of thioether (sulfide) groups is 1. The van der Waals surface area contributed by atoms with Gasteiger partial charge in [-0.1, -0.05) is 57.2 Å². The molecule has 160 valence electrons. The number of ether oxygens (including phenoxy) is 3. The highest BCUT2D eigenvalue weighted by Gasteiger charge is 2.44. The van der Waals surface area contributed by atoms with E-state index in [4.69, 9.17) is 14.2 Å². The minimum Gasteiger partial charge on any atom is -0.459 e. The fourth-order valence-electron chi connectivity index (χ4n) is 3.61. The van der Waals surface area contributed by atoms with Gasteiger partial charge in [0.2, 0.25) is 0 Å². The van der Waals surface area contributed by atoms with Gasteiger partial charge in [-0.25, -0.2) is 9.59 Å². The van der Waals surface area contributed by atoms with Crippen LogP contribution in [0.15, 0.2) is 60.7 Å². The predicted molar refractivity (Wildman–Crippen MR) is 117 cm³/mol. The Morgan fingerprint density at radius 3 is 2.03 bits per heavy atom. The van der Waals surface area contributed by atoms with Crippen molar-refractivity contribution in [2.75, 3.05) is 12.4 Å². The van der Waals surface area contributed by atoms with Crippen LogP contribution in [0.1, 0.15) is 41.5 Å². The summed E-state index contributed by atoms with van der Waals surface area (Å²) >= 11 is 1.67. The number of carbonyl (C=O) groups is 2. The summed E-state index contributed by atoms with van der Waals surface area (Å²) in [6.07, 6.45) is -0.692. The first kappa shape index (κ1) is 22.4. The molecule has 2 aromatic rings. The first-order chi connectivity index (χ1) is 14.5. The average molecular weight is 429 g/mol. The van der Waals surface area contributed by atoms with Crippen molar-refractivity contribution in [3.8, 4) is 0 Å².